The summed E-state index contributed by atoms with van der Waals surface area (Å²) in [6, 6.07) is 14.2. The Morgan fingerprint density at radius 1 is 1.05 bits per heavy atom. The molecule has 0 heterocycles. The van der Waals surface area contributed by atoms with Gasteiger partial charge in [-0.05, 0) is 37.0 Å². The van der Waals surface area contributed by atoms with Crippen LogP contribution in [0.3, 0.4) is 0 Å². The van der Waals surface area contributed by atoms with Crippen molar-refractivity contribution in [2.24, 2.45) is 5.73 Å². The summed E-state index contributed by atoms with van der Waals surface area (Å²) in [5, 5.41) is 0. The molecule has 112 valence electrons. The Kier molecular flexibility index (Phi) is 5.23. The average molecular weight is 285 g/mol. The average Bonchev–Trinajstić information content (AvgIpc) is 2.53. The molecule has 2 aromatic rings. The highest BCUT2D eigenvalue weighted by Gasteiger charge is 2.13. The molecule has 2 N–H and O–H groups in total. The van der Waals surface area contributed by atoms with Gasteiger partial charge in [0.15, 0.2) is 0 Å². The summed E-state index contributed by atoms with van der Waals surface area (Å²) in [5.41, 5.74) is 10.0. The van der Waals surface area contributed by atoms with Crippen molar-refractivity contribution in [1.29, 1.82) is 0 Å². The van der Waals surface area contributed by atoms with E-state index in [9.17, 15) is 0 Å². The van der Waals surface area contributed by atoms with Gasteiger partial charge in [-0.2, -0.15) is 0 Å². The molecule has 1 unspecified atom stereocenters. The van der Waals surface area contributed by atoms with Crippen LogP contribution in [-0.2, 0) is 6.42 Å². The van der Waals surface area contributed by atoms with E-state index < -0.39 is 0 Å². The summed E-state index contributed by atoms with van der Waals surface area (Å²) < 4.78 is 10.6. The number of hydrogen-bond acceptors (Lipinski definition) is 3. The maximum Gasteiger partial charge on any atom is 0.127 e. The Hall–Kier alpha value is -2.00. The molecule has 0 radical (unpaired) electrons. The molecule has 0 aliphatic carbocycles. The van der Waals surface area contributed by atoms with Crippen LogP contribution in [0.2, 0.25) is 0 Å². The van der Waals surface area contributed by atoms with Gasteiger partial charge in [0.2, 0.25) is 0 Å². The van der Waals surface area contributed by atoms with Crippen molar-refractivity contribution in [2.45, 2.75) is 25.8 Å². The molecule has 0 amide bonds. The van der Waals surface area contributed by atoms with Gasteiger partial charge in [-0.15, -0.1) is 0 Å². The van der Waals surface area contributed by atoms with E-state index >= 15 is 0 Å². The number of hydrogen-bond donors (Lipinski definition) is 1. The van der Waals surface area contributed by atoms with E-state index in [1.54, 1.807) is 14.2 Å². The Morgan fingerprint density at radius 2 is 1.81 bits per heavy atom. The van der Waals surface area contributed by atoms with Crippen LogP contribution in [0.1, 0.15) is 29.2 Å². The highest BCUT2D eigenvalue weighted by molar-refractivity contribution is 5.42. The van der Waals surface area contributed by atoms with E-state index in [1.807, 2.05) is 18.2 Å². The first kappa shape index (κ1) is 15.4. The lowest BCUT2D eigenvalue weighted by molar-refractivity contribution is 0.387. The Morgan fingerprint density at radius 3 is 2.48 bits per heavy atom. The van der Waals surface area contributed by atoms with Crippen molar-refractivity contribution in [3.8, 4) is 11.5 Å². The summed E-state index contributed by atoms with van der Waals surface area (Å²) in [4.78, 5) is 0. The fourth-order valence-corrected chi connectivity index (χ4v) is 2.48. The van der Waals surface area contributed by atoms with Gasteiger partial charge in [0.25, 0.3) is 0 Å². The largest absolute Gasteiger partial charge is 0.497 e. The van der Waals surface area contributed by atoms with Crippen LogP contribution in [0.5, 0.6) is 11.5 Å². The first-order chi connectivity index (χ1) is 10.2. The number of rotatable bonds is 6. The molecule has 3 heteroatoms. The standard InChI is InChI=1S/C18H23NO2/c1-13-6-4-5-7-14(13)8-11-17(19)16-10-9-15(20-2)12-18(16)21-3/h4-7,9-10,12,17H,8,11,19H2,1-3H3. The van der Waals surface area contributed by atoms with Crippen LogP contribution >= 0.6 is 0 Å². The fourth-order valence-electron chi connectivity index (χ4n) is 2.48. The van der Waals surface area contributed by atoms with E-state index in [-0.39, 0.29) is 6.04 Å². The molecule has 1 atom stereocenters. The first-order valence-corrected chi connectivity index (χ1v) is 7.17. The molecule has 0 bridgehead atoms. The van der Waals surface area contributed by atoms with Gasteiger partial charge in [-0.1, -0.05) is 30.3 Å². The number of ether oxygens (including phenoxy) is 2. The lowest BCUT2D eigenvalue weighted by Gasteiger charge is -2.17. The number of benzene rings is 2. The molecule has 0 fully saturated rings. The molecule has 0 aliphatic heterocycles. The summed E-state index contributed by atoms with van der Waals surface area (Å²) in [5.74, 6) is 1.56. The smallest absolute Gasteiger partial charge is 0.127 e. The maximum absolute atomic E-state index is 6.34. The molecule has 21 heavy (non-hydrogen) atoms. The van der Waals surface area contributed by atoms with Gasteiger partial charge in [0, 0.05) is 17.7 Å². The van der Waals surface area contributed by atoms with Gasteiger partial charge < -0.3 is 15.2 Å². The summed E-state index contributed by atoms with van der Waals surface area (Å²) >= 11 is 0. The minimum Gasteiger partial charge on any atom is -0.497 e. The molecule has 2 aromatic carbocycles. The van der Waals surface area contributed by atoms with Crippen molar-refractivity contribution in [3.63, 3.8) is 0 Å². The topological polar surface area (TPSA) is 44.5 Å². The minimum absolute atomic E-state index is 0.0505. The van der Waals surface area contributed by atoms with E-state index in [4.69, 9.17) is 15.2 Å². The third kappa shape index (κ3) is 3.76. The second-order valence-electron chi connectivity index (χ2n) is 5.18. The third-order valence-corrected chi connectivity index (χ3v) is 3.83. The van der Waals surface area contributed by atoms with Crippen LogP contribution in [0, 0.1) is 6.92 Å². The number of aryl methyl sites for hydroxylation is 2. The van der Waals surface area contributed by atoms with Crippen molar-refractivity contribution < 1.29 is 9.47 Å². The second kappa shape index (κ2) is 7.14. The predicted molar refractivity (Wildman–Crippen MR) is 86.0 cm³/mol. The highest BCUT2D eigenvalue weighted by Crippen LogP contribution is 2.30. The minimum atomic E-state index is -0.0505. The van der Waals surface area contributed by atoms with E-state index in [0.717, 1.165) is 29.9 Å². The predicted octanol–water partition coefficient (Wildman–Crippen LogP) is 3.64. The van der Waals surface area contributed by atoms with Crippen molar-refractivity contribution >= 4 is 0 Å². The Balaban J connectivity index is 2.10. The van der Waals surface area contributed by atoms with E-state index in [0.29, 0.717) is 0 Å². The molecule has 3 nitrogen and oxygen atoms in total. The molecule has 0 saturated heterocycles. The fraction of sp³-hybridized carbons (Fsp3) is 0.333. The summed E-state index contributed by atoms with van der Waals surface area (Å²) in [6.45, 7) is 2.13. The van der Waals surface area contributed by atoms with Crippen LogP contribution in [-0.4, -0.2) is 14.2 Å². The van der Waals surface area contributed by atoms with Crippen LogP contribution < -0.4 is 15.2 Å². The zero-order valence-corrected chi connectivity index (χ0v) is 12.9. The number of methoxy groups -OCH3 is 2. The third-order valence-electron chi connectivity index (χ3n) is 3.83. The van der Waals surface area contributed by atoms with Crippen molar-refractivity contribution in [3.05, 3.63) is 59.2 Å². The van der Waals surface area contributed by atoms with E-state index in [2.05, 4.69) is 31.2 Å². The van der Waals surface area contributed by atoms with Crippen LogP contribution in [0.15, 0.2) is 42.5 Å². The van der Waals surface area contributed by atoms with Gasteiger partial charge in [0.1, 0.15) is 11.5 Å². The van der Waals surface area contributed by atoms with Crippen molar-refractivity contribution in [1.82, 2.24) is 0 Å². The first-order valence-electron chi connectivity index (χ1n) is 7.17. The van der Waals surface area contributed by atoms with Crippen LogP contribution in [0.25, 0.3) is 0 Å². The molecular formula is C18H23NO2. The van der Waals surface area contributed by atoms with Crippen molar-refractivity contribution in [2.75, 3.05) is 14.2 Å². The van der Waals surface area contributed by atoms with Crippen LogP contribution in [0.4, 0.5) is 0 Å². The monoisotopic (exact) mass is 285 g/mol. The van der Waals surface area contributed by atoms with Gasteiger partial charge in [0.05, 0.1) is 14.2 Å². The SMILES string of the molecule is COc1ccc(C(N)CCc2ccccc2C)c(OC)c1. The van der Waals surface area contributed by atoms with Gasteiger partial charge in [-0.3, -0.25) is 0 Å². The van der Waals surface area contributed by atoms with Gasteiger partial charge >= 0.3 is 0 Å². The zero-order valence-electron chi connectivity index (χ0n) is 12.9. The molecule has 0 aromatic heterocycles. The molecule has 2 rings (SSSR count). The molecule has 0 aliphatic rings. The molecule has 0 spiro atoms. The Labute approximate surface area is 126 Å². The lowest BCUT2D eigenvalue weighted by atomic mass is 9.97. The quantitative estimate of drug-likeness (QED) is 0.881. The molecular weight excluding hydrogens is 262 g/mol. The highest BCUT2D eigenvalue weighted by atomic mass is 16.5. The maximum atomic E-state index is 6.34. The Bertz CT molecular complexity index is 596. The molecule has 0 saturated carbocycles. The normalized spacial score (nSPS) is 12.0. The summed E-state index contributed by atoms with van der Waals surface area (Å²) in [7, 11) is 3.30. The lowest BCUT2D eigenvalue weighted by Crippen LogP contribution is -2.13. The second-order valence-corrected chi connectivity index (χ2v) is 5.18. The summed E-state index contributed by atoms with van der Waals surface area (Å²) in [6.07, 6.45) is 1.84. The number of nitrogens with two attached hydrogens (primary N) is 1. The van der Waals surface area contributed by atoms with Gasteiger partial charge in [-0.25, -0.2) is 0 Å². The zero-order chi connectivity index (χ0) is 15.2. The van der Waals surface area contributed by atoms with E-state index in [1.165, 1.54) is 11.1 Å².